The van der Waals surface area contributed by atoms with Gasteiger partial charge in [-0.2, -0.15) is 0 Å². The number of carbonyl (C=O) groups is 1. The number of aliphatic hydroxyl groups is 1. The zero-order valence-corrected chi connectivity index (χ0v) is 12.3. The van der Waals surface area contributed by atoms with Crippen LogP contribution in [-0.4, -0.2) is 42.2 Å². The number of esters is 1. The number of hydrogen-bond acceptors (Lipinski definition) is 4. The van der Waals surface area contributed by atoms with Crippen molar-refractivity contribution in [2.75, 3.05) is 26.2 Å². The van der Waals surface area contributed by atoms with E-state index in [1.54, 1.807) is 19.1 Å². The lowest BCUT2D eigenvalue weighted by Gasteiger charge is -2.32. The van der Waals surface area contributed by atoms with Gasteiger partial charge in [0.15, 0.2) is 0 Å². The largest absolute Gasteiger partial charge is 0.466 e. The Balaban J connectivity index is 1.89. The molecule has 0 saturated carbocycles. The van der Waals surface area contributed by atoms with E-state index in [9.17, 15) is 14.3 Å². The molecule has 1 aromatic carbocycles. The fourth-order valence-corrected chi connectivity index (χ4v) is 2.71. The maximum absolute atomic E-state index is 12.9. The SMILES string of the molecule is CCOC(=O)C1CCCN(CC(O)c2ccc(F)cc2)C1. The molecule has 1 N–H and O–H groups in total. The second-order valence-electron chi connectivity index (χ2n) is 5.42. The summed E-state index contributed by atoms with van der Waals surface area (Å²) >= 11 is 0. The van der Waals surface area contributed by atoms with Gasteiger partial charge in [0.25, 0.3) is 0 Å². The highest BCUT2D eigenvalue weighted by Gasteiger charge is 2.27. The molecule has 0 radical (unpaired) electrons. The first kappa shape index (κ1) is 15.9. The van der Waals surface area contributed by atoms with E-state index >= 15 is 0 Å². The van der Waals surface area contributed by atoms with Crippen LogP contribution in [0.4, 0.5) is 4.39 Å². The standard InChI is InChI=1S/C16H22FNO3/c1-2-21-16(20)13-4-3-9-18(10-13)11-15(19)12-5-7-14(17)8-6-12/h5-8,13,15,19H,2-4,9-11H2,1H3. The summed E-state index contributed by atoms with van der Waals surface area (Å²) in [5.41, 5.74) is 0.689. The third-order valence-corrected chi connectivity index (χ3v) is 3.81. The first-order valence-electron chi connectivity index (χ1n) is 7.42. The van der Waals surface area contributed by atoms with Crippen molar-refractivity contribution in [1.82, 2.24) is 4.90 Å². The summed E-state index contributed by atoms with van der Waals surface area (Å²) < 4.78 is 17.9. The minimum absolute atomic E-state index is 0.112. The first-order valence-corrected chi connectivity index (χ1v) is 7.42. The summed E-state index contributed by atoms with van der Waals surface area (Å²) in [4.78, 5) is 13.9. The van der Waals surface area contributed by atoms with Crippen LogP contribution in [0.15, 0.2) is 24.3 Å². The molecule has 0 spiro atoms. The summed E-state index contributed by atoms with van der Waals surface area (Å²) in [5, 5.41) is 10.2. The van der Waals surface area contributed by atoms with Gasteiger partial charge >= 0.3 is 5.97 Å². The lowest BCUT2D eigenvalue weighted by Crippen LogP contribution is -2.41. The Labute approximate surface area is 124 Å². The van der Waals surface area contributed by atoms with Crippen molar-refractivity contribution in [3.63, 3.8) is 0 Å². The molecule has 1 heterocycles. The van der Waals surface area contributed by atoms with Crippen molar-refractivity contribution in [3.8, 4) is 0 Å². The molecule has 21 heavy (non-hydrogen) atoms. The number of nitrogens with zero attached hydrogens (tertiary/aromatic N) is 1. The van der Waals surface area contributed by atoms with E-state index in [0.29, 0.717) is 25.3 Å². The number of rotatable bonds is 5. The third-order valence-electron chi connectivity index (χ3n) is 3.81. The van der Waals surface area contributed by atoms with Gasteiger partial charge in [-0.1, -0.05) is 12.1 Å². The summed E-state index contributed by atoms with van der Waals surface area (Å²) in [5.74, 6) is -0.580. The molecule has 116 valence electrons. The molecule has 2 atom stereocenters. The third kappa shape index (κ3) is 4.51. The predicted octanol–water partition coefficient (Wildman–Crippen LogP) is 2.13. The smallest absolute Gasteiger partial charge is 0.310 e. The Morgan fingerprint density at radius 2 is 2.19 bits per heavy atom. The van der Waals surface area contributed by atoms with Crippen LogP contribution in [0.5, 0.6) is 0 Å². The van der Waals surface area contributed by atoms with Gasteiger partial charge in [-0.05, 0) is 44.0 Å². The molecular formula is C16H22FNO3. The van der Waals surface area contributed by atoms with E-state index in [2.05, 4.69) is 4.90 Å². The molecule has 4 nitrogen and oxygen atoms in total. The summed E-state index contributed by atoms with van der Waals surface area (Å²) in [6.07, 6.45) is 1.08. The van der Waals surface area contributed by atoms with Gasteiger partial charge in [0.2, 0.25) is 0 Å². The average molecular weight is 295 g/mol. The number of piperidine rings is 1. The van der Waals surface area contributed by atoms with Crippen LogP contribution in [0.1, 0.15) is 31.4 Å². The number of ether oxygens (including phenoxy) is 1. The Bertz CT molecular complexity index is 463. The highest BCUT2D eigenvalue weighted by Crippen LogP contribution is 2.21. The predicted molar refractivity (Wildman–Crippen MR) is 77.2 cm³/mol. The highest BCUT2D eigenvalue weighted by molar-refractivity contribution is 5.72. The molecule has 5 heteroatoms. The van der Waals surface area contributed by atoms with E-state index in [0.717, 1.165) is 19.4 Å². The maximum Gasteiger partial charge on any atom is 0.310 e. The molecule has 0 aliphatic carbocycles. The molecule has 1 aliphatic heterocycles. The zero-order valence-electron chi connectivity index (χ0n) is 12.3. The molecule has 2 rings (SSSR count). The van der Waals surface area contributed by atoms with Crippen molar-refractivity contribution < 1.29 is 19.0 Å². The molecule has 1 aliphatic rings. The number of hydrogen-bond donors (Lipinski definition) is 1. The van der Waals surface area contributed by atoms with Gasteiger partial charge in [-0.15, -0.1) is 0 Å². The molecule has 1 fully saturated rings. The molecule has 0 bridgehead atoms. The Morgan fingerprint density at radius 3 is 2.86 bits per heavy atom. The van der Waals surface area contributed by atoms with E-state index in [4.69, 9.17) is 4.74 Å². The monoisotopic (exact) mass is 295 g/mol. The molecule has 1 aromatic rings. The number of likely N-dealkylation sites (tertiary alicyclic amines) is 1. The Kier molecular flexibility index (Phi) is 5.70. The second kappa shape index (κ2) is 7.52. The Morgan fingerprint density at radius 1 is 1.48 bits per heavy atom. The van der Waals surface area contributed by atoms with Gasteiger partial charge < -0.3 is 9.84 Å². The lowest BCUT2D eigenvalue weighted by atomic mass is 9.97. The van der Waals surface area contributed by atoms with Gasteiger partial charge in [-0.25, -0.2) is 4.39 Å². The molecule has 0 aromatic heterocycles. The first-order chi connectivity index (χ1) is 10.1. The second-order valence-corrected chi connectivity index (χ2v) is 5.42. The van der Waals surface area contributed by atoms with Crippen LogP contribution in [0, 0.1) is 11.7 Å². The average Bonchev–Trinajstić information content (AvgIpc) is 2.48. The summed E-state index contributed by atoms with van der Waals surface area (Å²) in [6.45, 7) is 4.11. The Hall–Kier alpha value is -1.46. The van der Waals surface area contributed by atoms with Crippen LogP contribution < -0.4 is 0 Å². The van der Waals surface area contributed by atoms with Gasteiger partial charge in [-0.3, -0.25) is 9.69 Å². The maximum atomic E-state index is 12.9. The minimum Gasteiger partial charge on any atom is -0.466 e. The van der Waals surface area contributed by atoms with Crippen molar-refractivity contribution in [2.24, 2.45) is 5.92 Å². The molecule has 1 saturated heterocycles. The normalized spacial score (nSPS) is 21.0. The number of carbonyl (C=O) groups excluding carboxylic acids is 1. The fourth-order valence-electron chi connectivity index (χ4n) is 2.71. The zero-order chi connectivity index (χ0) is 15.2. The quantitative estimate of drug-likeness (QED) is 0.846. The van der Waals surface area contributed by atoms with Gasteiger partial charge in [0, 0.05) is 13.1 Å². The number of aliphatic hydroxyl groups excluding tert-OH is 1. The van der Waals surface area contributed by atoms with Crippen LogP contribution in [0.3, 0.4) is 0 Å². The van der Waals surface area contributed by atoms with Crippen LogP contribution in [0.2, 0.25) is 0 Å². The summed E-state index contributed by atoms with van der Waals surface area (Å²) in [6, 6.07) is 5.87. The van der Waals surface area contributed by atoms with E-state index in [1.807, 2.05) is 0 Å². The van der Waals surface area contributed by atoms with Crippen LogP contribution in [-0.2, 0) is 9.53 Å². The molecule has 2 unspecified atom stereocenters. The fraction of sp³-hybridized carbons (Fsp3) is 0.562. The summed E-state index contributed by atoms with van der Waals surface area (Å²) in [7, 11) is 0. The van der Waals surface area contributed by atoms with Crippen LogP contribution in [0.25, 0.3) is 0 Å². The van der Waals surface area contributed by atoms with Crippen molar-refractivity contribution in [1.29, 1.82) is 0 Å². The van der Waals surface area contributed by atoms with Crippen LogP contribution >= 0.6 is 0 Å². The minimum atomic E-state index is -0.674. The van der Waals surface area contributed by atoms with E-state index < -0.39 is 6.10 Å². The van der Waals surface area contributed by atoms with Crippen molar-refractivity contribution in [2.45, 2.75) is 25.9 Å². The highest BCUT2D eigenvalue weighted by atomic mass is 19.1. The van der Waals surface area contributed by atoms with Crippen molar-refractivity contribution >= 4 is 5.97 Å². The van der Waals surface area contributed by atoms with Crippen molar-refractivity contribution in [3.05, 3.63) is 35.6 Å². The van der Waals surface area contributed by atoms with Gasteiger partial charge in [0.1, 0.15) is 5.82 Å². The van der Waals surface area contributed by atoms with E-state index in [1.165, 1.54) is 12.1 Å². The number of β-amino-alcohol motifs (C(OH)–C–C–N with tert-alkyl or cyclic N) is 1. The number of halogens is 1. The van der Waals surface area contributed by atoms with E-state index in [-0.39, 0.29) is 17.7 Å². The topological polar surface area (TPSA) is 49.8 Å². The molecular weight excluding hydrogens is 273 g/mol. The lowest BCUT2D eigenvalue weighted by molar-refractivity contribution is -0.150. The molecule has 0 amide bonds. The number of benzene rings is 1. The van der Waals surface area contributed by atoms with Gasteiger partial charge in [0.05, 0.1) is 18.6 Å².